The lowest BCUT2D eigenvalue weighted by atomic mass is 9.86. The third-order valence-corrected chi connectivity index (χ3v) is 4.11. The molecule has 0 aliphatic heterocycles. The lowest BCUT2D eigenvalue weighted by Crippen LogP contribution is -2.34. The minimum absolute atomic E-state index is 0.0349. The summed E-state index contributed by atoms with van der Waals surface area (Å²) < 4.78 is 5.64. The summed E-state index contributed by atoms with van der Waals surface area (Å²) in [5.41, 5.74) is 0.296. The maximum Gasteiger partial charge on any atom is 0.306 e. The van der Waals surface area contributed by atoms with Crippen molar-refractivity contribution in [3.63, 3.8) is 0 Å². The molecule has 0 radical (unpaired) electrons. The van der Waals surface area contributed by atoms with Crippen LogP contribution in [0.15, 0.2) is 12.2 Å². The molecule has 4 nitrogen and oxygen atoms in total. The van der Waals surface area contributed by atoms with E-state index in [1.807, 2.05) is 6.92 Å². The van der Waals surface area contributed by atoms with Gasteiger partial charge in [-0.3, -0.25) is 9.59 Å². The van der Waals surface area contributed by atoms with E-state index < -0.39 is 0 Å². The van der Waals surface area contributed by atoms with Crippen LogP contribution in [-0.4, -0.2) is 36.0 Å². The number of unbranched alkanes of at least 4 members (excludes halogenated alkanes) is 1. The summed E-state index contributed by atoms with van der Waals surface area (Å²) >= 11 is 0. The number of hydrogen-bond donors (Lipinski definition) is 0. The predicted octanol–water partition coefficient (Wildman–Crippen LogP) is 3.46. The second kappa shape index (κ2) is 8.20. The van der Waals surface area contributed by atoms with Crippen LogP contribution in [0, 0.1) is 0 Å². The first kappa shape index (κ1) is 17.7. The number of ether oxygens (including phenoxy) is 1. The van der Waals surface area contributed by atoms with Gasteiger partial charge < -0.3 is 9.64 Å². The second-order valence-electron chi connectivity index (χ2n) is 6.45. The van der Waals surface area contributed by atoms with Crippen LogP contribution < -0.4 is 0 Å². The molecule has 1 amide bonds. The van der Waals surface area contributed by atoms with Crippen molar-refractivity contribution in [2.45, 2.75) is 70.8 Å². The predicted molar refractivity (Wildman–Crippen MR) is 83.9 cm³/mol. The molecule has 21 heavy (non-hydrogen) atoms. The van der Waals surface area contributed by atoms with E-state index in [0.29, 0.717) is 18.5 Å². The largest absolute Gasteiger partial charge is 0.459 e. The van der Waals surface area contributed by atoms with Gasteiger partial charge in [-0.25, -0.2) is 0 Å². The number of esters is 1. The van der Waals surface area contributed by atoms with Crippen LogP contribution in [0.2, 0.25) is 0 Å². The molecular formula is C17H29NO3. The van der Waals surface area contributed by atoms with Crippen molar-refractivity contribution in [3.8, 4) is 0 Å². The Morgan fingerprint density at radius 1 is 1.19 bits per heavy atom. The molecule has 0 spiro atoms. The average Bonchev–Trinajstić information content (AvgIpc) is 2.42. The smallest absolute Gasteiger partial charge is 0.306 e. The monoisotopic (exact) mass is 295 g/mol. The Bertz CT molecular complexity index is 383. The van der Waals surface area contributed by atoms with Gasteiger partial charge in [0.2, 0.25) is 5.91 Å². The van der Waals surface area contributed by atoms with Crippen LogP contribution in [0.4, 0.5) is 0 Å². The Balaban J connectivity index is 2.19. The first-order valence-electron chi connectivity index (χ1n) is 7.97. The lowest BCUT2D eigenvalue weighted by Gasteiger charge is -2.33. The number of amides is 1. The summed E-state index contributed by atoms with van der Waals surface area (Å²) in [6.45, 7) is 8.04. The zero-order chi connectivity index (χ0) is 15.9. The molecule has 0 heterocycles. The zero-order valence-electron chi connectivity index (χ0n) is 13.7. The molecule has 0 saturated heterocycles. The molecule has 0 aromatic rings. The van der Waals surface area contributed by atoms with Gasteiger partial charge in [0.25, 0.3) is 0 Å². The first-order valence-corrected chi connectivity index (χ1v) is 7.97. The molecule has 0 aromatic carbocycles. The van der Waals surface area contributed by atoms with Crippen LogP contribution in [-0.2, 0) is 14.3 Å². The molecule has 1 aliphatic carbocycles. The molecule has 0 bridgehead atoms. The van der Waals surface area contributed by atoms with E-state index in [1.54, 1.807) is 18.9 Å². The third-order valence-electron chi connectivity index (χ3n) is 4.11. The Morgan fingerprint density at radius 2 is 1.81 bits per heavy atom. The first-order chi connectivity index (χ1) is 9.84. The molecule has 0 N–H and O–H groups in total. The standard InChI is InChI=1S/C17H29NO3/c1-14(2)16(20)18(4)13-9-6-10-15(19)21-17(3)11-7-5-8-12-17/h1,5-13H2,2-4H3. The van der Waals surface area contributed by atoms with Gasteiger partial charge >= 0.3 is 5.97 Å². The number of hydrogen-bond acceptors (Lipinski definition) is 3. The molecular weight excluding hydrogens is 266 g/mol. The molecule has 1 rings (SSSR count). The van der Waals surface area contributed by atoms with Crippen LogP contribution in [0.1, 0.15) is 65.2 Å². The Morgan fingerprint density at radius 3 is 2.38 bits per heavy atom. The van der Waals surface area contributed by atoms with E-state index in [1.165, 1.54) is 6.42 Å². The fourth-order valence-electron chi connectivity index (χ4n) is 2.77. The Hall–Kier alpha value is -1.32. The van der Waals surface area contributed by atoms with Crippen LogP contribution in [0.25, 0.3) is 0 Å². The third kappa shape index (κ3) is 6.32. The van der Waals surface area contributed by atoms with E-state index in [0.717, 1.165) is 38.5 Å². The normalized spacial score (nSPS) is 17.1. The summed E-state index contributed by atoms with van der Waals surface area (Å²) in [6, 6.07) is 0. The van der Waals surface area contributed by atoms with E-state index in [-0.39, 0.29) is 17.5 Å². The number of nitrogens with zero attached hydrogens (tertiary/aromatic N) is 1. The molecule has 1 fully saturated rings. The molecule has 0 aromatic heterocycles. The highest BCUT2D eigenvalue weighted by Crippen LogP contribution is 2.31. The van der Waals surface area contributed by atoms with Crippen molar-refractivity contribution in [1.29, 1.82) is 0 Å². The van der Waals surface area contributed by atoms with Gasteiger partial charge in [0.1, 0.15) is 5.60 Å². The van der Waals surface area contributed by atoms with Crippen molar-refractivity contribution in [2.75, 3.05) is 13.6 Å². The Kier molecular flexibility index (Phi) is 6.93. The van der Waals surface area contributed by atoms with Gasteiger partial charge in [-0.1, -0.05) is 13.0 Å². The molecule has 1 aliphatic rings. The summed E-state index contributed by atoms with van der Waals surface area (Å²) in [4.78, 5) is 25.1. The maximum atomic E-state index is 11.9. The maximum absolute atomic E-state index is 11.9. The number of carbonyl (C=O) groups is 2. The molecule has 1 saturated carbocycles. The van der Waals surface area contributed by atoms with Gasteiger partial charge in [-0.05, 0) is 52.4 Å². The van der Waals surface area contributed by atoms with Crippen LogP contribution in [0.3, 0.4) is 0 Å². The van der Waals surface area contributed by atoms with Crippen molar-refractivity contribution < 1.29 is 14.3 Å². The number of likely N-dealkylation sites (N-methyl/N-ethyl adjacent to an activating group) is 1. The second-order valence-corrected chi connectivity index (χ2v) is 6.45. The van der Waals surface area contributed by atoms with Crippen LogP contribution in [0.5, 0.6) is 0 Å². The molecule has 120 valence electrons. The van der Waals surface area contributed by atoms with Gasteiger partial charge in [0.05, 0.1) is 0 Å². The Labute approximate surface area is 128 Å². The molecule has 4 heteroatoms. The fraction of sp³-hybridized carbons (Fsp3) is 0.765. The summed E-state index contributed by atoms with van der Waals surface area (Å²) in [5.74, 6) is -0.138. The average molecular weight is 295 g/mol. The summed E-state index contributed by atoms with van der Waals surface area (Å²) in [5, 5.41) is 0. The van der Waals surface area contributed by atoms with E-state index in [9.17, 15) is 9.59 Å². The summed E-state index contributed by atoms with van der Waals surface area (Å²) in [6.07, 6.45) is 7.50. The fourth-order valence-corrected chi connectivity index (χ4v) is 2.77. The van der Waals surface area contributed by atoms with Crippen molar-refractivity contribution in [3.05, 3.63) is 12.2 Å². The lowest BCUT2D eigenvalue weighted by molar-refractivity contribution is -0.161. The van der Waals surface area contributed by atoms with Crippen molar-refractivity contribution in [1.82, 2.24) is 4.90 Å². The highest BCUT2D eigenvalue weighted by atomic mass is 16.6. The quantitative estimate of drug-likeness (QED) is 0.410. The van der Waals surface area contributed by atoms with E-state index in [2.05, 4.69) is 6.58 Å². The highest BCUT2D eigenvalue weighted by Gasteiger charge is 2.30. The van der Waals surface area contributed by atoms with E-state index in [4.69, 9.17) is 4.74 Å². The zero-order valence-corrected chi connectivity index (χ0v) is 13.7. The minimum Gasteiger partial charge on any atom is -0.459 e. The topological polar surface area (TPSA) is 46.6 Å². The number of rotatable bonds is 7. The van der Waals surface area contributed by atoms with Crippen molar-refractivity contribution >= 4 is 11.9 Å². The van der Waals surface area contributed by atoms with Crippen LogP contribution >= 0.6 is 0 Å². The SMILES string of the molecule is C=C(C)C(=O)N(C)CCCCC(=O)OC1(C)CCCCC1. The molecule has 0 atom stereocenters. The number of carbonyl (C=O) groups excluding carboxylic acids is 2. The highest BCUT2D eigenvalue weighted by molar-refractivity contribution is 5.91. The van der Waals surface area contributed by atoms with Gasteiger partial charge in [-0.2, -0.15) is 0 Å². The van der Waals surface area contributed by atoms with E-state index >= 15 is 0 Å². The van der Waals surface area contributed by atoms with Gasteiger partial charge in [-0.15, -0.1) is 0 Å². The minimum atomic E-state index is -0.248. The van der Waals surface area contributed by atoms with Gasteiger partial charge in [0.15, 0.2) is 0 Å². The van der Waals surface area contributed by atoms with Crippen molar-refractivity contribution in [2.24, 2.45) is 0 Å². The molecule has 0 unspecified atom stereocenters. The summed E-state index contributed by atoms with van der Waals surface area (Å²) in [7, 11) is 1.76. The van der Waals surface area contributed by atoms with Gasteiger partial charge in [0, 0.05) is 25.6 Å².